The molecule has 2 rings (SSSR count). The summed E-state index contributed by atoms with van der Waals surface area (Å²) in [5.41, 5.74) is -1.09. The van der Waals surface area contributed by atoms with E-state index in [4.69, 9.17) is 5.11 Å². The second-order valence-electron chi connectivity index (χ2n) is 3.27. The SMILES string of the molecule is O=C(O)c1cc(-c2ccccc2F)nc(=O)[nH]1. The van der Waals surface area contributed by atoms with Gasteiger partial charge in [0.05, 0.1) is 5.69 Å². The average molecular weight is 234 g/mol. The van der Waals surface area contributed by atoms with Crippen LogP contribution in [0.3, 0.4) is 0 Å². The van der Waals surface area contributed by atoms with Crippen LogP contribution < -0.4 is 5.69 Å². The molecule has 0 amide bonds. The van der Waals surface area contributed by atoms with Gasteiger partial charge in [0.25, 0.3) is 0 Å². The number of carboxylic acid groups (broad SMARTS) is 1. The third-order valence-electron chi connectivity index (χ3n) is 2.12. The highest BCUT2D eigenvalue weighted by Gasteiger charge is 2.11. The zero-order chi connectivity index (χ0) is 12.4. The molecule has 0 unspecified atom stereocenters. The first kappa shape index (κ1) is 11.0. The summed E-state index contributed by atoms with van der Waals surface area (Å²) in [7, 11) is 0. The second kappa shape index (κ2) is 4.17. The fourth-order valence-electron chi connectivity index (χ4n) is 1.38. The fraction of sp³-hybridized carbons (Fsp3) is 0. The van der Waals surface area contributed by atoms with E-state index >= 15 is 0 Å². The highest BCUT2D eigenvalue weighted by molar-refractivity contribution is 5.86. The molecule has 0 atom stereocenters. The molecule has 2 N–H and O–H groups in total. The summed E-state index contributed by atoms with van der Waals surface area (Å²) in [4.78, 5) is 27.5. The van der Waals surface area contributed by atoms with E-state index in [1.807, 2.05) is 4.98 Å². The molecule has 1 heterocycles. The highest BCUT2D eigenvalue weighted by Crippen LogP contribution is 2.19. The van der Waals surface area contributed by atoms with Crippen LogP contribution in [0.1, 0.15) is 10.5 Å². The van der Waals surface area contributed by atoms with Gasteiger partial charge in [-0.15, -0.1) is 0 Å². The number of halogens is 1. The Labute approximate surface area is 94.6 Å². The Morgan fingerprint density at radius 1 is 1.35 bits per heavy atom. The summed E-state index contributed by atoms with van der Waals surface area (Å²) in [6.07, 6.45) is 0. The Morgan fingerprint density at radius 2 is 2.06 bits per heavy atom. The summed E-state index contributed by atoms with van der Waals surface area (Å²) in [5, 5.41) is 8.76. The minimum Gasteiger partial charge on any atom is -0.477 e. The van der Waals surface area contributed by atoms with Gasteiger partial charge in [-0.1, -0.05) is 12.1 Å². The van der Waals surface area contributed by atoms with Gasteiger partial charge < -0.3 is 5.11 Å². The van der Waals surface area contributed by atoms with Crippen molar-refractivity contribution in [2.75, 3.05) is 0 Å². The lowest BCUT2D eigenvalue weighted by Gasteiger charge is -2.02. The number of nitrogens with one attached hydrogen (secondary N) is 1. The van der Waals surface area contributed by atoms with Gasteiger partial charge in [-0.25, -0.2) is 14.0 Å². The van der Waals surface area contributed by atoms with Gasteiger partial charge in [-0.3, -0.25) is 4.98 Å². The molecule has 0 aliphatic carbocycles. The van der Waals surface area contributed by atoms with Crippen molar-refractivity contribution in [1.82, 2.24) is 9.97 Å². The number of H-pyrrole nitrogens is 1. The Hall–Kier alpha value is -2.50. The average Bonchev–Trinajstić information content (AvgIpc) is 2.28. The summed E-state index contributed by atoms with van der Waals surface area (Å²) < 4.78 is 13.4. The first-order valence-electron chi connectivity index (χ1n) is 4.67. The molecule has 0 bridgehead atoms. The normalized spacial score (nSPS) is 10.2. The molecule has 17 heavy (non-hydrogen) atoms. The fourth-order valence-corrected chi connectivity index (χ4v) is 1.38. The van der Waals surface area contributed by atoms with Gasteiger partial charge in [0.2, 0.25) is 0 Å². The smallest absolute Gasteiger partial charge is 0.352 e. The van der Waals surface area contributed by atoms with E-state index < -0.39 is 17.5 Å². The number of carboxylic acids is 1. The molecule has 6 heteroatoms. The molecular weight excluding hydrogens is 227 g/mol. The Balaban J connectivity index is 2.64. The number of nitrogens with zero attached hydrogens (tertiary/aromatic N) is 1. The summed E-state index contributed by atoms with van der Waals surface area (Å²) in [6.45, 7) is 0. The van der Waals surface area contributed by atoms with Crippen molar-refractivity contribution in [3.05, 3.63) is 52.3 Å². The highest BCUT2D eigenvalue weighted by atomic mass is 19.1. The van der Waals surface area contributed by atoms with E-state index in [0.29, 0.717) is 0 Å². The molecule has 0 aliphatic heterocycles. The number of aromatic nitrogens is 2. The topological polar surface area (TPSA) is 83.0 Å². The van der Waals surface area contributed by atoms with E-state index in [9.17, 15) is 14.0 Å². The summed E-state index contributed by atoms with van der Waals surface area (Å²) in [6, 6.07) is 6.80. The van der Waals surface area contributed by atoms with Gasteiger partial charge >= 0.3 is 11.7 Å². The molecule has 2 aromatic rings. The van der Waals surface area contributed by atoms with Crippen molar-refractivity contribution >= 4 is 5.97 Å². The van der Waals surface area contributed by atoms with Gasteiger partial charge in [0.15, 0.2) is 0 Å². The number of benzene rings is 1. The van der Waals surface area contributed by atoms with Crippen LogP contribution in [-0.4, -0.2) is 21.0 Å². The predicted molar refractivity (Wildman–Crippen MR) is 57.2 cm³/mol. The van der Waals surface area contributed by atoms with E-state index in [0.717, 1.165) is 6.07 Å². The maximum absolute atomic E-state index is 13.4. The van der Waals surface area contributed by atoms with Crippen LogP contribution in [0, 0.1) is 5.82 Å². The zero-order valence-corrected chi connectivity index (χ0v) is 8.48. The van der Waals surface area contributed by atoms with Crippen LogP contribution in [0.2, 0.25) is 0 Å². The van der Waals surface area contributed by atoms with Crippen molar-refractivity contribution in [3.8, 4) is 11.3 Å². The van der Waals surface area contributed by atoms with Crippen molar-refractivity contribution in [2.45, 2.75) is 0 Å². The van der Waals surface area contributed by atoms with Crippen LogP contribution in [0.5, 0.6) is 0 Å². The maximum atomic E-state index is 13.4. The maximum Gasteiger partial charge on any atom is 0.352 e. The van der Waals surface area contributed by atoms with Crippen molar-refractivity contribution in [1.29, 1.82) is 0 Å². The summed E-state index contributed by atoms with van der Waals surface area (Å²) >= 11 is 0. The number of hydrogen-bond donors (Lipinski definition) is 2. The summed E-state index contributed by atoms with van der Waals surface area (Å²) in [5.74, 6) is -1.87. The number of carbonyl (C=O) groups is 1. The lowest BCUT2D eigenvalue weighted by Crippen LogP contribution is -2.16. The van der Waals surface area contributed by atoms with Crippen LogP contribution >= 0.6 is 0 Å². The van der Waals surface area contributed by atoms with Gasteiger partial charge in [0.1, 0.15) is 11.5 Å². The third kappa shape index (κ3) is 2.20. The van der Waals surface area contributed by atoms with Crippen molar-refractivity contribution in [2.24, 2.45) is 0 Å². The molecule has 1 aromatic heterocycles. The quantitative estimate of drug-likeness (QED) is 0.819. The van der Waals surface area contributed by atoms with Gasteiger partial charge in [-0.2, -0.15) is 4.98 Å². The zero-order valence-electron chi connectivity index (χ0n) is 8.48. The lowest BCUT2D eigenvalue weighted by molar-refractivity contribution is 0.0690. The second-order valence-corrected chi connectivity index (χ2v) is 3.27. The molecule has 0 aliphatic rings. The number of hydrogen-bond acceptors (Lipinski definition) is 3. The molecule has 5 nitrogen and oxygen atoms in total. The Kier molecular flexibility index (Phi) is 2.70. The molecule has 0 saturated heterocycles. The standard InChI is InChI=1S/C11H7FN2O3/c12-7-4-2-1-3-6(7)8-5-9(10(15)16)14-11(17)13-8/h1-5H,(H,15,16)(H,13,14,17). The Bertz CT molecular complexity index is 637. The Morgan fingerprint density at radius 3 is 2.71 bits per heavy atom. The largest absolute Gasteiger partial charge is 0.477 e. The van der Waals surface area contributed by atoms with Crippen LogP contribution in [0.4, 0.5) is 4.39 Å². The monoisotopic (exact) mass is 234 g/mol. The first-order valence-corrected chi connectivity index (χ1v) is 4.67. The van der Waals surface area contributed by atoms with Crippen LogP contribution in [-0.2, 0) is 0 Å². The van der Waals surface area contributed by atoms with E-state index in [1.54, 1.807) is 6.07 Å². The number of aromatic carboxylic acids is 1. The third-order valence-corrected chi connectivity index (χ3v) is 2.12. The van der Waals surface area contributed by atoms with Crippen molar-refractivity contribution in [3.63, 3.8) is 0 Å². The lowest BCUT2D eigenvalue weighted by atomic mass is 10.1. The van der Waals surface area contributed by atoms with Gasteiger partial charge in [-0.05, 0) is 18.2 Å². The van der Waals surface area contributed by atoms with E-state index in [2.05, 4.69) is 4.98 Å². The molecule has 0 fully saturated rings. The predicted octanol–water partition coefficient (Wildman–Crippen LogP) is 1.27. The molecule has 1 aromatic carbocycles. The van der Waals surface area contributed by atoms with E-state index in [1.165, 1.54) is 18.2 Å². The number of rotatable bonds is 2. The minimum absolute atomic E-state index is 0.00995. The molecule has 0 radical (unpaired) electrons. The first-order chi connectivity index (χ1) is 8.08. The van der Waals surface area contributed by atoms with E-state index in [-0.39, 0.29) is 17.0 Å². The minimum atomic E-state index is -1.30. The molecule has 0 saturated carbocycles. The molecular formula is C11H7FN2O3. The molecule has 0 spiro atoms. The van der Waals surface area contributed by atoms with Crippen LogP contribution in [0.15, 0.2) is 35.1 Å². The number of aromatic amines is 1. The molecule has 86 valence electrons. The van der Waals surface area contributed by atoms with Gasteiger partial charge in [0, 0.05) is 5.56 Å². The van der Waals surface area contributed by atoms with Crippen LogP contribution in [0.25, 0.3) is 11.3 Å². The van der Waals surface area contributed by atoms with Crippen molar-refractivity contribution < 1.29 is 14.3 Å².